The lowest BCUT2D eigenvalue weighted by Gasteiger charge is -1.98. The summed E-state index contributed by atoms with van der Waals surface area (Å²) in [5, 5.41) is 8.63. The Kier molecular flexibility index (Phi) is 12.6. The standard InChI is InChI=1S/C6H6O.C6H12O.C2H6/c7-6-4-2-1-3-5-6;1-4-5(2)6(3)7;1-2/h1-5,7H;5H,4H2,1-3H3;1-2H3/t;5-;/m.0./s1. The molecular formula is C14H24O2. The van der Waals surface area contributed by atoms with Gasteiger partial charge in [-0.25, -0.2) is 0 Å². The molecule has 0 heterocycles. The smallest absolute Gasteiger partial charge is 0.132 e. The average Bonchev–Trinajstić information content (AvgIpc) is 2.32. The third-order valence-corrected chi connectivity index (χ3v) is 2.06. The molecule has 1 N–H and O–H groups in total. The van der Waals surface area contributed by atoms with Crippen LogP contribution in [0.5, 0.6) is 5.75 Å². The van der Waals surface area contributed by atoms with Crippen molar-refractivity contribution in [2.24, 2.45) is 5.92 Å². The Labute approximate surface area is 99.3 Å². The van der Waals surface area contributed by atoms with Crippen LogP contribution in [-0.4, -0.2) is 10.9 Å². The van der Waals surface area contributed by atoms with E-state index in [1.807, 2.05) is 33.8 Å². The van der Waals surface area contributed by atoms with Crippen molar-refractivity contribution in [3.05, 3.63) is 30.3 Å². The fraction of sp³-hybridized carbons (Fsp3) is 0.500. The quantitative estimate of drug-likeness (QED) is 0.823. The van der Waals surface area contributed by atoms with Gasteiger partial charge in [-0.3, -0.25) is 4.79 Å². The van der Waals surface area contributed by atoms with Crippen molar-refractivity contribution in [1.82, 2.24) is 0 Å². The zero-order valence-electron chi connectivity index (χ0n) is 11.0. The Morgan fingerprint density at radius 2 is 1.69 bits per heavy atom. The van der Waals surface area contributed by atoms with Gasteiger partial charge in [0.15, 0.2) is 0 Å². The van der Waals surface area contributed by atoms with E-state index in [2.05, 4.69) is 0 Å². The monoisotopic (exact) mass is 224 g/mol. The highest BCUT2D eigenvalue weighted by atomic mass is 16.3. The number of benzene rings is 1. The minimum absolute atomic E-state index is 0.264. The van der Waals surface area contributed by atoms with Gasteiger partial charge in [-0.2, -0.15) is 0 Å². The van der Waals surface area contributed by atoms with E-state index in [1.54, 1.807) is 31.2 Å². The van der Waals surface area contributed by atoms with Gasteiger partial charge in [-0.15, -0.1) is 0 Å². The Bertz CT molecular complexity index is 255. The minimum atomic E-state index is 0.264. The van der Waals surface area contributed by atoms with Gasteiger partial charge in [0.05, 0.1) is 0 Å². The number of hydrogen-bond acceptors (Lipinski definition) is 2. The lowest BCUT2D eigenvalue weighted by molar-refractivity contribution is -0.120. The van der Waals surface area contributed by atoms with Gasteiger partial charge in [-0.1, -0.05) is 45.9 Å². The number of carbonyl (C=O) groups is 1. The van der Waals surface area contributed by atoms with E-state index in [1.165, 1.54) is 0 Å². The molecule has 0 fully saturated rings. The second-order valence-corrected chi connectivity index (χ2v) is 3.26. The van der Waals surface area contributed by atoms with Crippen LogP contribution in [0.2, 0.25) is 0 Å². The predicted molar refractivity (Wildman–Crippen MR) is 69.6 cm³/mol. The van der Waals surface area contributed by atoms with Crippen molar-refractivity contribution in [3.8, 4) is 5.75 Å². The summed E-state index contributed by atoms with van der Waals surface area (Å²) in [6.07, 6.45) is 0.968. The molecule has 1 aromatic carbocycles. The number of rotatable bonds is 2. The van der Waals surface area contributed by atoms with Crippen LogP contribution in [0.25, 0.3) is 0 Å². The van der Waals surface area contributed by atoms with Crippen LogP contribution in [0.15, 0.2) is 30.3 Å². The molecule has 16 heavy (non-hydrogen) atoms. The summed E-state index contributed by atoms with van der Waals surface area (Å²) < 4.78 is 0. The molecular weight excluding hydrogens is 200 g/mol. The van der Waals surface area contributed by atoms with Crippen molar-refractivity contribution in [1.29, 1.82) is 0 Å². The molecule has 1 aromatic rings. The molecule has 0 aliphatic carbocycles. The van der Waals surface area contributed by atoms with E-state index >= 15 is 0 Å². The van der Waals surface area contributed by atoms with Crippen molar-refractivity contribution in [2.45, 2.75) is 41.0 Å². The van der Waals surface area contributed by atoms with Gasteiger partial charge in [-0.05, 0) is 25.5 Å². The van der Waals surface area contributed by atoms with Gasteiger partial charge < -0.3 is 5.11 Å². The minimum Gasteiger partial charge on any atom is -0.508 e. The maximum Gasteiger partial charge on any atom is 0.132 e. The molecule has 0 saturated carbocycles. The fourth-order valence-electron chi connectivity index (χ4n) is 0.715. The highest BCUT2D eigenvalue weighted by molar-refractivity contribution is 5.77. The summed E-state index contributed by atoms with van der Waals surface area (Å²) in [6, 6.07) is 8.71. The second kappa shape index (κ2) is 11.8. The maximum absolute atomic E-state index is 10.4. The van der Waals surface area contributed by atoms with E-state index in [0.717, 1.165) is 6.42 Å². The summed E-state index contributed by atoms with van der Waals surface area (Å²) in [5.41, 5.74) is 0. The first-order chi connectivity index (χ1) is 7.57. The number of aromatic hydroxyl groups is 1. The maximum atomic E-state index is 10.4. The van der Waals surface area contributed by atoms with E-state index < -0.39 is 0 Å². The first-order valence-electron chi connectivity index (χ1n) is 5.82. The number of hydrogen-bond donors (Lipinski definition) is 1. The molecule has 1 atom stereocenters. The molecule has 0 bridgehead atoms. The van der Waals surface area contributed by atoms with E-state index in [4.69, 9.17) is 5.11 Å². The van der Waals surface area contributed by atoms with Crippen molar-refractivity contribution < 1.29 is 9.90 Å². The van der Waals surface area contributed by atoms with Crippen molar-refractivity contribution in [2.75, 3.05) is 0 Å². The average molecular weight is 224 g/mol. The first kappa shape index (κ1) is 17.1. The van der Waals surface area contributed by atoms with Gasteiger partial charge in [0.25, 0.3) is 0 Å². The molecule has 0 saturated heterocycles. The van der Waals surface area contributed by atoms with Crippen molar-refractivity contribution in [3.63, 3.8) is 0 Å². The molecule has 0 unspecified atom stereocenters. The van der Waals surface area contributed by atoms with Crippen LogP contribution in [0.4, 0.5) is 0 Å². The van der Waals surface area contributed by atoms with Gasteiger partial charge in [0, 0.05) is 5.92 Å². The van der Waals surface area contributed by atoms with Gasteiger partial charge in [0.1, 0.15) is 11.5 Å². The zero-order chi connectivity index (χ0) is 13.0. The molecule has 0 aliphatic rings. The number of ketones is 1. The fourth-order valence-corrected chi connectivity index (χ4v) is 0.715. The Balaban J connectivity index is 0. The van der Waals surface area contributed by atoms with E-state index in [-0.39, 0.29) is 5.92 Å². The van der Waals surface area contributed by atoms with Crippen LogP contribution in [-0.2, 0) is 4.79 Å². The van der Waals surface area contributed by atoms with Crippen LogP contribution >= 0.6 is 0 Å². The van der Waals surface area contributed by atoms with Crippen LogP contribution in [0, 0.1) is 5.92 Å². The topological polar surface area (TPSA) is 37.3 Å². The van der Waals surface area contributed by atoms with Crippen LogP contribution in [0.3, 0.4) is 0 Å². The van der Waals surface area contributed by atoms with Crippen LogP contribution < -0.4 is 0 Å². The molecule has 2 heteroatoms. The molecule has 2 nitrogen and oxygen atoms in total. The first-order valence-corrected chi connectivity index (χ1v) is 5.82. The highest BCUT2D eigenvalue weighted by Gasteiger charge is 2.01. The second-order valence-electron chi connectivity index (χ2n) is 3.26. The Hall–Kier alpha value is -1.31. The molecule has 0 aliphatic heterocycles. The summed E-state index contributed by atoms with van der Waals surface area (Å²) in [7, 11) is 0. The lowest BCUT2D eigenvalue weighted by atomic mass is 10.1. The summed E-state index contributed by atoms with van der Waals surface area (Å²) in [4.78, 5) is 10.4. The highest BCUT2D eigenvalue weighted by Crippen LogP contribution is 2.02. The largest absolute Gasteiger partial charge is 0.508 e. The Morgan fingerprint density at radius 3 is 1.81 bits per heavy atom. The van der Waals surface area contributed by atoms with E-state index in [0.29, 0.717) is 11.5 Å². The van der Waals surface area contributed by atoms with Crippen molar-refractivity contribution >= 4 is 5.78 Å². The molecule has 0 radical (unpaired) electrons. The lowest BCUT2D eigenvalue weighted by Crippen LogP contribution is -2.03. The molecule has 1 rings (SSSR count). The third-order valence-electron chi connectivity index (χ3n) is 2.06. The molecule has 0 aromatic heterocycles. The summed E-state index contributed by atoms with van der Waals surface area (Å²) in [6.45, 7) is 9.60. The van der Waals surface area contributed by atoms with Gasteiger partial charge in [0.2, 0.25) is 0 Å². The predicted octanol–water partition coefficient (Wildman–Crippen LogP) is 4.04. The number of Topliss-reactive ketones (excluding diaryl/α,β-unsaturated/α-hetero) is 1. The molecule has 92 valence electrons. The molecule has 0 spiro atoms. The number of phenolic OH excluding ortho intramolecular Hbond substituents is 1. The number of para-hydroxylation sites is 1. The van der Waals surface area contributed by atoms with Crippen LogP contribution in [0.1, 0.15) is 41.0 Å². The van der Waals surface area contributed by atoms with Gasteiger partial charge >= 0.3 is 0 Å². The summed E-state index contributed by atoms with van der Waals surface area (Å²) >= 11 is 0. The van der Waals surface area contributed by atoms with E-state index in [9.17, 15) is 4.79 Å². The normalized spacial score (nSPS) is 10.1. The summed E-state index contributed by atoms with van der Waals surface area (Å²) in [5.74, 6) is 0.880. The molecule has 0 amide bonds. The zero-order valence-corrected chi connectivity index (χ0v) is 11.0. The number of phenols is 1. The third kappa shape index (κ3) is 10.8. The SMILES string of the molecule is CC.CC[C@H](C)C(C)=O.Oc1ccccc1. The Morgan fingerprint density at radius 1 is 1.25 bits per heavy atom. The number of carbonyl (C=O) groups excluding carboxylic acids is 1.